The highest BCUT2D eigenvalue weighted by Crippen LogP contribution is 2.27. The maximum atomic E-state index is 13.6. The molecule has 0 aliphatic carbocycles. The summed E-state index contributed by atoms with van der Waals surface area (Å²) in [5, 5.41) is 0. The van der Waals surface area contributed by atoms with E-state index in [4.69, 9.17) is 9.47 Å². The summed E-state index contributed by atoms with van der Waals surface area (Å²) in [7, 11) is 3.36. The average Bonchev–Trinajstić information content (AvgIpc) is 2.88. The van der Waals surface area contributed by atoms with Gasteiger partial charge in [-0.1, -0.05) is 6.07 Å². The molecule has 2 rings (SSSR count). The fraction of sp³-hybridized carbons (Fsp3) is 0.533. The summed E-state index contributed by atoms with van der Waals surface area (Å²) in [6, 6.07) is 4.91. The third kappa shape index (κ3) is 3.35. The standard InChI is InChI=1S/C15H20FNO3/c1-17(9-15(10-18)5-6-20-11-15)8-12-3-4-14(19-2)13(16)7-12/h3-4,7,10H,5-6,8-9,11H2,1-2H3. The van der Waals surface area contributed by atoms with Crippen LogP contribution in [0, 0.1) is 11.2 Å². The molecule has 0 radical (unpaired) electrons. The van der Waals surface area contributed by atoms with Gasteiger partial charge in [0, 0.05) is 19.7 Å². The van der Waals surface area contributed by atoms with Gasteiger partial charge in [0.1, 0.15) is 6.29 Å². The number of hydrogen-bond acceptors (Lipinski definition) is 4. The fourth-order valence-corrected chi connectivity index (χ4v) is 2.59. The van der Waals surface area contributed by atoms with Crippen LogP contribution in [-0.2, 0) is 16.1 Å². The van der Waals surface area contributed by atoms with Crippen LogP contribution in [0.1, 0.15) is 12.0 Å². The molecule has 1 aliphatic rings. The SMILES string of the molecule is COc1ccc(CN(C)CC2(C=O)CCOC2)cc1F. The Bertz CT molecular complexity index is 472. The summed E-state index contributed by atoms with van der Waals surface area (Å²) in [6.07, 6.45) is 1.74. The van der Waals surface area contributed by atoms with E-state index in [0.717, 1.165) is 18.3 Å². The number of carbonyl (C=O) groups excluding carboxylic acids is 1. The Morgan fingerprint density at radius 2 is 2.35 bits per heavy atom. The second-order valence-electron chi connectivity index (χ2n) is 5.42. The highest BCUT2D eigenvalue weighted by atomic mass is 19.1. The van der Waals surface area contributed by atoms with Gasteiger partial charge in [0.2, 0.25) is 0 Å². The molecular formula is C15H20FNO3. The van der Waals surface area contributed by atoms with Gasteiger partial charge in [-0.3, -0.25) is 0 Å². The Morgan fingerprint density at radius 3 is 2.90 bits per heavy atom. The van der Waals surface area contributed by atoms with Crippen LogP contribution in [0.5, 0.6) is 5.75 Å². The van der Waals surface area contributed by atoms with Crippen molar-refractivity contribution in [3.63, 3.8) is 0 Å². The fourth-order valence-electron chi connectivity index (χ4n) is 2.59. The first-order valence-electron chi connectivity index (χ1n) is 6.63. The van der Waals surface area contributed by atoms with E-state index in [2.05, 4.69) is 0 Å². The zero-order valence-corrected chi connectivity index (χ0v) is 11.9. The van der Waals surface area contributed by atoms with Gasteiger partial charge in [0.05, 0.1) is 19.1 Å². The quantitative estimate of drug-likeness (QED) is 0.746. The van der Waals surface area contributed by atoms with E-state index in [0.29, 0.717) is 26.3 Å². The van der Waals surface area contributed by atoms with Crippen LogP contribution >= 0.6 is 0 Å². The Hall–Kier alpha value is -1.46. The minimum absolute atomic E-state index is 0.241. The van der Waals surface area contributed by atoms with Crippen LogP contribution in [0.25, 0.3) is 0 Å². The van der Waals surface area contributed by atoms with Crippen molar-refractivity contribution in [3.8, 4) is 5.75 Å². The molecule has 1 aromatic rings. The third-order valence-corrected chi connectivity index (χ3v) is 3.64. The van der Waals surface area contributed by atoms with Crippen LogP contribution < -0.4 is 4.74 Å². The molecule has 1 atom stereocenters. The number of aldehydes is 1. The molecule has 4 nitrogen and oxygen atoms in total. The molecule has 1 heterocycles. The Labute approximate surface area is 118 Å². The average molecular weight is 281 g/mol. The van der Waals surface area contributed by atoms with Gasteiger partial charge in [-0.15, -0.1) is 0 Å². The molecule has 5 heteroatoms. The molecule has 0 amide bonds. The number of carbonyl (C=O) groups is 1. The predicted molar refractivity (Wildman–Crippen MR) is 73.2 cm³/mol. The summed E-state index contributed by atoms with van der Waals surface area (Å²) in [5.74, 6) is -0.127. The van der Waals surface area contributed by atoms with Crippen molar-refractivity contribution in [2.24, 2.45) is 5.41 Å². The second-order valence-corrected chi connectivity index (χ2v) is 5.42. The van der Waals surface area contributed by atoms with E-state index in [9.17, 15) is 9.18 Å². The van der Waals surface area contributed by atoms with Gasteiger partial charge >= 0.3 is 0 Å². The van der Waals surface area contributed by atoms with Crippen molar-refractivity contribution in [3.05, 3.63) is 29.6 Å². The zero-order chi connectivity index (χ0) is 14.6. The lowest BCUT2D eigenvalue weighted by Gasteiger charge is -2.27. The minimum atomic E-state index is -0.417. The van der Waals surface area contributed by atoms with Crippen LogP contribution in [0.3, 0.4) is 0 Å². The summed E-state index contributed by atoms with van der Waals surface area (Å²) < 4.78 is 23.8. The van der Waals surface area contributed by atoms with Crippen molar-refractivity contribution in [2.75, 3.05) is 33.9 Å². The zero-order valence-electron chi connectivity index (χ0n) is 11.9. The van der Waals surface area contributed by atoms with Crippen molar-refractivity contribution in [2.45, 2.75) is 13.0 Å². The molecule has 20 heavy (non-hydrogen) atoms. The Kier molecular flexibility index (Phi) is 4.73. The minimum Gasteiger partial charge on any atom is -0.494 e. The number of halogens is 1. The highest BCUT2D eigenvalue weighted by Gasteiger charge is 2.35. The van der Waals surface area contributed by atoms with Crippen molar-refractivity contribution in [1.29, 1.82) is 0 Å². The van der Waals surface area contributed by atoms with E-state index >= 15 is 0 Å². The van der Waals surface area contributed by atoms with E-state index in [1.54, 1.807) is 6.07 Å². The predicted octanol–water partition coefficient (Wildman–Crippen LogP) is 1.87. The van der Waals surface area contributed by atoms with Crippen LogP contribution in [0.2, 0.25) is 0 Å². The maximum Gasteiger partial charge on any atom is 0.165 e. The largest absolute Gasteiger partial charge is 0.494 e. The molecule has 1 unspecified atom stereocenters. The van der Waals surface area contributed by atoms with Crippen molar-refractivity contribution < 1.29 is 18.7 Å². The number of nitrogens with zero attached hydrogens (tertiary/aromatic N) is 1. The topological polar surface area (TPSA) is 38.8 Å². The Morgan fingerprint density at radius 1 is 1.55 bits per heavy atom. The first kappa shape index (κ1) is 14.9. The van der Waals surface area contributed by atoms with Crippen LogP contribution in [0.15, 0.2) is 18.2 Å². The molecule has 1 aliphatic heterocycles. The lowest BCUT2D eigenvalue weighted by molar-refractivity contribution is -0.117. The number of rotatable bonds is 6. The first-order chi connectivity index (χ1) is 9.58. The lowest BCUT2D eigenvalue weighted by atomic mass is 9.88. The highest BCUT2D eigenvalue weighted by molar-refractivity contribution is 5.60. The smallest absolute Gasteiger partial charge is 0.165 e. The monoisotopic (exact) mass is 281 g/mol. The first-order valence-corrected chi connectivity index (χ1v) is 6.63. The van der Waals surface area contributed by atoms with Gasteiger partial charge in [0.15, 0.2) is 11.6 Å². The summed E-state index contributed by atoms with van der Waals surface area (Å²) in [5.41, 5.74) is 0.436. The summed E-state index contributed by atoms with van der Waals surface area (Å²) in [6.45, 7) is 2.29. The van der Waals surface area contributed by atoms with Crippen LogP contribution in [-0.4, -0.2) is 45.1 Å². The Balaban J connectivity index is 1.99. The van der Waals surface area contributed by atoms with Gasteiger partial charge in [-0.05, 0) is 31.2 Å². The molecule has 0 saturated carbocycles. The number of ether oxygens (including phenoxy) is 2. The van der Waals surface area contributed by atoms with Crippen LogP contribution in [0.4, 0.5) is 4.39 Å². The van der Waals surface area contributed by atoms with Gasteiger partial charge in [-0.2, -0.15) is 0 Å². The van der Waals surface area contributed by atoms with Crippen molar-refractivity contribution in [1.82, 2.24) is 4.90 Å². The van der Waals surface area contributed by atoms with E-state index in [1.807, 2.05) is 18.0 Å². The molecule has 0 aromatic heterocycles. The van der Waals surface area contributed by atoms with E-state index < -0.39 is 5.41 Å². The molecule has 1 aromatic carbocycles. The number of benzene rings is 1. The second kappa shape index (κ2) is 6.33. The molecule has 110 valence electrons. The molecule has 1 saturated heterocycles. The van der Waals surface area contributed by atoms with Crippen molar-refractivity contribution >= 4 is 6.29 Å². The normalized spacial score (nSPS) is 22.2. The molecule has 0 bridgehead atoms. The molecule has 0 spiro atoms. The molecular weight excluding hydrogens is 261 g/mol. The van der Waals surface area contributed by atoms with E-state index in [1.165, 1.54) is 13.2 Å². The molecule has 0 N–H and O–H groups in total. The van der Waals surface area contributed by atoms with Gasteiger partial charge in [-0.25, -0.2) is 4.39 Å². The number of methoxy groups -OCH3 is 1. The lowest BCUT2D eigenvalue weighted by Crippen LogP contribution is -2.37. The van der Waals surface area contributed by atoms with Gasteiger partial charge < -0.3 is 19.2 Å². The summed E-state index contributed by atoms with van der Waals surface area (Å²) >= 11 is 0. The van der Waals surface area contributed by atoms with E-state index in [-0.39, 0.29) is 11.6 Å². The maximum absolute atomic E-state index is 13.6. The number of hydrogen-bond donors (Lipinski definition) is 0. The summed E-state index contributed by atoms with van der Waals surface area (Å²) in [4.78, 5) is 13.3. The van der Waals surface area contributed by atoms with Gasteiger partial charge in [0.25, 0.3) is 0 Å². The third-order valence-electron chi connectivity index (χ3n) is 3.64. The molecule has 1 fully saturated rings.